The van der Waals surface area contributed by atoms with Gasteiger partial charge in [-0.3, -0.25) is 4.90 Å². The van der Waals surface area contributed by atoms with E-state index in [2.05, 4.69) is 18.7 Å². The molecule has 12 heteroatoms. The lowest BCUT2D eigenvalue weighted by Gasteiger charge is -2.43. The van der Waals surface area contributed by atoms with Gasteiger partial charge in [-0.05, 0) is 56.9 Å². The third kappa shape index (κ3) is 5.90. The molecule has 210 valence electrons. The Hall–Kier alpha value is -2.09. The minimum atomic E-state index is -4.12. The van der Waals surface area contributed by atoms with Gasteiger partial charge in [0, 0.05) is 56.9 Å². The van der Waals surface area contributed by atoms with Crippen LogP contribution in [0.2, 0.25) is 0 Å². The Kier molecular flexibility index (Phi) is 8.51. The van der Waals surface area contributed by atoms with Crippen LogP contribution in [0.5, 0.6) is 0 Å². The summed E-state index contributed by atoms with van der Waals surface area (Å²) in [5.74, 6) is -0.0505. The Labute approximate surface area is 225 Å². The van der Waals surface area contributed by atoms with Gasteiger partial charge in [-0.2, -0.15) is 0 Å². The molecular formula is C26H37FN4O5S2. The number of para-hydroxylation sites is 1. The molecule has 2 saturated heterocycles. The molecule has 0 saturated carbocycles. The first-order valence-electron chi connectivity index (χ1n) is 12.8. The zero-order valence-electron chi connectivity index (χ0n) is 22.3. The molecule has 0 aliphatic carbocycles. The molecule has 0 radical (unpaired) electrons. The van der Waals surface area contributed by atoms with Crippen molar-refractivity contribution in [1.82, 2.24) is 9.21 Å². The fourth-order valence-electron chi connectivity index (χ4n) is 5.40. The van der Waals surface area contributed by atoms with E-state index in [4.69, 9.17) is 9.88 Å². The Morgan fingerprint density at radius 1 is 1.00 bits per heavy atom. The number of hydrogen-bond donors (Lipinski definition) is 1. The fourth-order valence-corrected chi connectivity index (χ4v) is 7.02. The molecule has 2 N–H and O–H groups in total. The molecule has 4 rings (SSSR count). The van der Waals surface area contributed by atoms with E-state index in [-0.39, 0.29) is 21.0 Å². The molecule has 2 heterocycles. The molecule has 2 aromatic carbocycles. The van der Waals surface area contributed by atoms with Gasteiger partial charge < -0.3 is 9.64 Å². The highest BCUT2D eigenvalue weighted by molar-refractivity contribution is 7.89. The van der Waals surface area contributed by atoms with Crippen LogP contribution in [-0.2, 0) is 24.8 Å². The largest absolute Gasteiger partial charge is 0.378 e. The Morgan fingerprint density at radius 2 is 1.63 bits per heavy atom. The van der Waals surface area contributed by atoms with Crippen LogP contribution in [0.15, 0.2) is 46.2 Å². The monoisotopic (exact) mass is 568 g/mol. The number of sulfonamides is 2. The predicted octanol–water partition coefficient (Wildman–Crippen LogP) is 2.72. The second-order valence-electron chi connectivity index (χ2n) is 10.5. The molecular weight excluding hydrogens is 531 g/mol. The summed E-state index contributed by atoms with van der Waals surface area (Å²) in [4.78, 5) is 4.05. The van der Waals surface area contributed by atoms with Crippen LogP contribution in [0.25, 0.3) is 11.1 Å². The van der Waals surface area contributed by atoms with Crippen LogP contribution in [0.1, 0.15) is 26.7 Å². The maximum Gasteiger partial charge on any atom is 0.243 e. The number of benzene rings is 2. The summed E-state index contributed by atoms with van der Waals surface area (Å²) in [6.45, 7) is 7.92. The van der Waals surface area contributed by atoms with E-state index in [0.29, 0.717) is 36.7 Å². The van der Waals surface area contributed by atoms with E-state index < -0.39 is 25.9 Å². The van der Waals surface area contributed by atoms with Gasteiger partial charge in [0.2, 0.25) is 20.0 Å². The highest BCUT2D eigenvalue weighted by Crippen LogP contribution is 2.40. The summed E-state index contributed by atoms with van der Waals surface area (Å²) < 4.78 is 72.7. The average Bonchev–Trinajstić information content (AvgIpc) is 2.85. The van der Waals surface area contributed by atoms with Crippen molar-refractivity contribution in [1.29, 1.82) is 0 Å². The van der Waals surface area contributed by atoms with E-state index in [1.54, 1.807) is 6.07 Å². The van der Waals surface area contributed by atoms with Crippen molar-refractivity contribution in [2.45, 2.75) is 48.6 Å². The SMILES string of the molecule is CC1COCC(C)N1CC1CCN(c2c(F)cccc2-c2cc(S(N)(=O)=O)ccc2S(=O)(=O)N(C)C)CC1. The molecule has 2 aromatic rings. The first-order chi connectivity index (χ1) is 17.8. The van der Waals surface area contributed by atoms with E-state index in [1.165, 1.54) is 38.4 Å². The molecule has 2 atom stereocenters. The molecule has 2 unspecified atom stereocenters. The number of anilines is 1. The van der Waals surface area contributed by atoms with Crippen molar-refractivity contribution in [2.24, 2.45) is 11.1 Å². The van der Waals surface area contributed by atoms with Crippen molar-refractivity contribution in [2.75, 3.05) is 51.8 Å². The summed E-state index contributed by atoms with van der Waals surface area (Å²) in [7, 11) is -5.32. The van der Waals surface area contributed by atoms with Gasteiger partial charge in [-0.25, -0.2) is 30.7 Å². The Morgan fingerprint density at radius 3 is 2.21 bits per heavy atom. The topological polar surface area (TPSA) is 113 Å². The third-order valence-electron chi connectivity index (χ3n) is 7.57. The third-order valence-corrected chi connectivity index (χ3v) is 10.3. The minimum Gasteiger partial charge on any atom is -0.378 e. The van der Waals surface area contributed by atoms with Crippen molar-refractivity contribution >= 4 is 25.7 Å². The molecule has 0 bridgehead atoms. The normalized spacial score (nSPS) is 22.2. The second-order valence-corrected chi connectivity index (χ2v) is 14.2. The van der Waals surface area contributed by atoms with Gasteiger partial charge in [-0.15, -0.1) is 0 Å². The Balaban J connectivity index is 1.69. The van der Waals surface area contributed by atoms with Crippen molar-refractivity contribution in [3.8, 4) is 11.1 Å². The highest BCUT2D eigenvalue weighted by Gasteiger charge is 2.32. The second kappa shape index (κ2) is 11.2. The summed E-state index contributed by atoms with van der Waals surface area (Å²) in [6, 6.07) is 8.75. The average molecular weight is 569 g/mol. The van der Waals surface area contributed by atoms with Crippen molar-refractivity contribution in [3.05, 3.63) is 42.2 Å². The molecule has 0 aromatic heterocycles. The van der Waals surface area contributed by atoms with Gasteiger partial charge >= 0.3 is 0 Å². The van der Waals surface area contributed by atoms with E-state index >= 15 is 4.39 Å². The van der Waals surface area contributed by atoms with Crippen LogP contribution >= 0.6 is 0 Å². The number of morpholine rings is 1. The number of nitrogens with zero attached hydrogens (tertiary/aromatic N) is 3. The molecule has 38 heavy (non-hydrogen) atoms. The summed E-state index contributed by atoms with van der Waals surface area (Å²) in [5.41, 5.74) is 0.670. The zero-order valence-corrected chi connectivity index (χ0v) is 23.9. The minimum absolute atomic E-state index is 0.0952. The number of halogens is 1. The fraction of sp³-hybridized carbons (Fsp3) is 0.538. The number of hydrogen-bond acceptors (Lipinski definition) is 7. The molecule has 0 amide bonds. The number of rotatable bonds is 7. The lowest BCUT2D eigenvalue weighted by Crippen LogP contribution is -2.52. The molecule has 2 aliphatic heterocycles. The molecule has 9 nitrogen and oxygen atoms in total. The molecule has 2 aliphatic rings. The molecule has 2 fully saturated rings. The zero-order chi connectivity index (χ0) is 27.8. The number of ether oxygens (including phenoxy) is 1. The van der Waals surface area contributed by atoms with Gasteiger partial charge in [0.15, 0.2) is 0 Å². The lowest BCUT2D eigenvalue weighted by molar-refractivity contribution is -0.0444. The van der Waals surface area contributed by atoms with Crippen molar-refractivity contribution in [3.63, 3.8) is 0 Å². The van der Waals surface area contributed by atoms with Crippen LogP contribution in [-0.4, -0.2) is 85.1 Å². The quantitative estimate of drug-likeness (QED) is 0.547. The lowest BCUT2D eigenvalue weighted by atomic mass is 9.93. The maximum absolute atomic E-state index is 15.4. The predicted molar refractivity (Wildman–Crippen MR) is 145 cm³/mol. The first-order valence-corrected chi connectivity index (χ1v) is 15.8. The Bertz CT molecular complexity index is 1370. The summed E-state index contributed by atoms with van der Waals surface area (Å²) >= 11 is 0. The van der Waals surface area contributed by atoms with Gasteiger partial charge in [-0.1, -0.05) is 12.1 Å². The smallest absolute Gasteiger partial charge is 0.243 e. The first kappa shape index (κ1) is 28.9. The van der Waals surface area contributed by atoms with Crippen LogP contribution in [0.4, 0.5) is 10.1 Å². The number of piperidine rings is 1. The number of nitrogens with two attached hydrogens (primary N) is 1. The molecule has 0 spiro atoms. The maximum atomic E-state index is 15.4. The highest BCUT2D eigenvalue weighted by atomic mass is 32.2. The van der Waals surface area contributed by atoms with E-state index in [9.17, 15) is 16.8 Å². The van der Waals surface area contributed by atoms with E-state index in [1.807, 2.05) is 4.90 Å². The van der Waals surface area contributed by atoms with Crippen LogP contribution < -0.4 is 10.0 Å². The van der Waals surface area contributed by atoms with Crippen LogP contribution in [0.3, 0.4) is 0 Å². The van der Waals surface area contributed by atoms with Gasteiger partial charge in [0.25, 0.3) is 0 Å². The van der Waals surface area contributed by atoms with Gasteiger partial charge in [0.1, 0.15) is 5.82 Å². The standard InChI is InChI=1S/C26H37FN4O5S2/c1-18-16-36-17-19(2)31(18)15-20-10-12-30(13-11-20)26-22(6-5-7-24(26)27)23-14-21(37(28,32)33)8-9-25(23)38(34,35)29(3)4/h5-9,14,18-20H,10-13,15-17H2,1-4H3,(H2,28,32,33). The van der Waals surface area contributed by atoms with E-state index in [0.717, 1.165) is 43.0 Å². The van der Waals surface area contributed by atoms with Gasteiger partial charge in [0.05, 0.1) is 28.7 Å². The summed E-state index contributed by atoms with van der Waals surface area (Å²) in [6.07, 6.45) is 1.70. The van der Waals surface area contributed by atoms with Crippen molar-refractivity contribution < 1.29 is 26.0 Å². The summed E-state index contributed by atoms with van der Waals surface area (Å²) in [5, 5.41) is 5.36. The number of primary sulfonamides is 1. The van der Waals surface area contributed by atoms with Crippen LogP contribution in [0, 0.1) is 11.7 Å².